The summed E-state index contributed by atoms with van der Waals surface area (Å²) in [6.07, 6.45) is 1.16. The van der Waals surface area contributed by atoms with Crippen molar-refractivity contribution in [3.63, 3.8) is 0 Å². The van der Waals surface area contributed by atoms with Gasteiger partial charge in [0.2, 0.25) is 0 Å². The van der Waals surface area contributed by atoms with Gasteiger partial charge in [-0.15, -0.1) is 0 Å². The molecule has 5 nitrogen and oxygen atoms in total. The number of nitrogens with one attached hydrogen (secondary N) is 1. The Balaban J connectivity index is 3.90. The molecule has 5 heteroatoms. The number of methoxy groups -OCH3 is 1. The SMILES string of the molecule is COC(=O)NC(=O)/C=C\C(C)=O. The zero-order chi connectivity index (χ0) is 9.56. The molecule has 0 aliphatic rings. The molecule has 0 aliphatic carbocycles. The van der Waals surface area contributed by atoms with Crippen LogP contribution in [0.25, 0.3) is 0 Å². The van der Waals surface area contributed by atoms with E-state index in [2.05, 4.69) is 4.74 Å². The molecule has 0 aromatic heterocycles. The van der Waals surface area contributed by atoms with Crippen molar-refractivity contribution < 1.29 is 19.1 Å². The molecule has 0 saturated heterocycles. The van der Waals surface area contributed by atoms with E-state index in [9.17, 15) is 14.4 Å². The summed E-state index contributed by atoms with van der Waals surface area (Å²) in [6.45, 7) is 1.29. The molecule has 0 spiro atoms. The second-order valence-electron chi connectivity index (χ2n) is 1.92. The first-order valence-electron chi connectivity index (χ1n) is 3.14. The predicted molar refractivity (Wildman–Crippen MR) is 40.4 cm³/mol. The van der Waals surface area contributed by atoms with Crippen molar-refractivity contribution in [3.8, 4) is 0 Å². The number of carbonyl (C=O) groups is 3. The molecule has 1 N–H and O–H groups in total. The lowest BCUT2D eigenvalue weighted by Gasteiger charge is -1.96. The minimum absolute atomic E-state index is 0.269. The van der Waals surface area contributed by atoms with Crippen molar-refractivity contribution in [3.05, 3.63) is 12.2 Å². The Morgan fingerprint density at radius 1 is 1.25 bits per heavy atom. The summed E-state index contributed by atoms with van der Waals surface area (Å²) in [5.41, 5.74) is 0. The molecule has 12 heavy (non-hydrogen) atoms. The van der Waals surface area contributed by atoms with Gasteiger partial charge < -0.3 is 4.74 Å². The topological polar surface area (TPSA) is 72.5 Å². The molecule has 0 unspecified atom stereocenters. The Bertz CT molecular complexity index is 232. The number of alkyl carbamates (subject to hydrolysis) is 1. The maximum Gasteiger partial charge on any atom is 0.413 e. The first-order chi connectivity index (χ1) is 5.56. The van der Waals surface area contributed by atoms with E-state index in [-0.39, 0.29) is 5.78 Å². The van der Waals surface area contributed by atoms with Gasteiger partial charge in [0.25, 0.3) is 5.91 Å². The second kappa shape index (κ2) is 5.06. The normalized spacial score (nSPS) is 9.50. The third-order valence-corrected chi connectivity index (χ3v) is 0.880. The third kappa shape index (κ3) is 5.16. The van der Waals surface area contributed by atoms with Crippen molar-refractivity contribution in [1.82, 2.24) is 5.32 Å². The number of allylic oxidation sites excluding steroid dienone is 1. The Morgan fingerprint density at radius 2 is 1.83 bits per heavy atom. The number of amides is 2. The highest BCUT2D eigenvalue weighted by Crippen LogP contribution is 1.77. The van der Waals surface area contributed by atoms with Crippen molar-refractivity contribution in [1.29, 1.82) is 0 Å². The fraction of sp³-hybridized carbons (Fsp3) is 0.286. The van der Waals surface area contributed by atoms with E-state index >= 15 is 0 Å². The fourth-order valence-corrected chi connectivity index (χ4v) is 0.386. The summed E-state index contributed by atoms with van der Waals surface area (Å²) in [6, 6.07) is 0. The van der Waals surface area contributed by atoms with Gasteiger partial charge in [0, 0.05) is 6.08 Å². The third-order valence-electron chi connectivity index (χ3n) is 0.880. The molecule has 0 atom stereocenters. The van der Waals surface area contributed by atoms with E-state index in [4.69, 9.17) is 0 Å². The lowest BCUT2D eigenvalue weighted by atomic mass is 10.4. The van der Waals surface area contributed by atoms with Crippen LogP contribution < -0.4 is 5.32 Å². The van der Waals surface area contributed by atoms with Gasteiger partial charge in [-0.2, -0.15) is 0 Å². The smallest absolute Gasteiger partial charge is 0.413 e. The van der Waals surface area contributed by atoms with E-state index in [0.29, 0.717) is 0 Å². The molecule has 0 radical (unpaired) electrons. The Morgan fingerprint density at radius 3 is 2.25 bits per heavy atom. The number of ketones is 1. The highest BCUT2D eigenvalue weighted by molar-refractivity contribution is 6.02. The number of hydrogen-bond donors (Lipinski definition) is 1. The molecule has 0 bridgehead atoms. The standard InChI is InChI=1S/C7H9NO4/c1-5(9)3-4-6(10)8-7(11)12-2/h3-4H,1-2H3,(H,8,10,11)/b4-3-. The quantitative estimate of drug-likeness (QED) is 0.594. The van der Waals surface area contributed by atoms with Crippen LogP contribution in [-0.2, 0) is 14.3 Å². The minimum atomic E-state index is -0.854. The summed E-state index contributed by atoms with van der Waals surface area (Å²) >= 11 is 0. The van der Waals surface area contributed by atoms with E-state index < -0.39 is 12.0 Å². The Kier molecular flexibility index (Phi) is 4.36. The average molecular weight is 171 g/mol. The maximum atomic E-state index is 10.7. The molecule has 0 aromatic carbocycles. The van der Waals surface area contributed by atoms with E-state index in [0.717, 1.165) is 19.3 Å². The van der Waals surface area contributed by atoms with Crippen LogP contribution in [0, 0.1) is 0 Å². The molecule has 0 heterocycles. The summed E-state index contributed by atoms with van der Waals surface area (Å²) in [5, 5.41) is 1.85. The first-order valence-corrected chi connectivity index (χ1v) is 3.14. The van der Waals surface area contributed by atoms with Crippen LogP contribution in [0.15, 0.2) is 12.2 Å². The number of carbonyl (C=O) groups excluding carboxylic acids is 3. The Labute approximate surface area is 69.4 Å². The Hall–Kier alpha value is -1.65. The first kappa shape index (κ1) is 10.3. The number of imide groups is 1. The van der Waals surface area contributed by atoms with Gasteiger partial charge in [-0.05, 0) is 13.0 Å². The van der Waals surface area contributed by atoms with Crippen molar-refractivity contribution in [2.45, 2.75) is 6.92 Å². The van der Waals surface area contributed by atoms with Crippen LogP contribution >= 0.6 is 0 Å². The van der Waals surface area contributed by atoms with Crippen LogP contribution in [0.3, 0.4) is 0 Å². The minimum Gasteiger partial charge on any atom is -0.453 e. The summed E-state index contributed by atoms with van der Waals surface area (Å²) < 4.78 is 4.14. The van der Waals surface area contributed by atoms with Gasteiger partial charge in [-0.1, -0.05) is 0 Å². The largest absolute Gasteiger partial charge is 0.453 e. The maximum absolute atomic E-state index is 10.7. The molecule has 2 amide bonds. The van der Waals surface area contributed by atoms with E-state index in [1.165, 1.54) is 6.92 Å². The average Bonchev–Trinajstić information content (AvgIpc) is 2.00. The van der Waals surface area contributed by atoms with Gasteiger partial charge in [-0.3, -0.25) is 14.9 Å². The summed E-state index contributed by atoms with van der Waals surface area (Å²) in [5.74, 6) is -0.952. The molecule has 0 rings (SSSR count). The summed E-state index contributed by atoms with van der Waals surface area (Å²) in [4.78, 5) is 31.4. The molecule has 0 aliphatic heterocycles. The highest BCUT2D eigenvalue weighted by Gasteiger charge is 2.02. The van der Waals surface area contributed by atoms with Gasteiger partial charge in [0.15, 0.2) is 5.78 Å². The van der Waals surface area contributed by atoms with Crippen LogP contribution in [0.4, 0.5) is 4.79 Å². The molecule has 66 valence electrons. The van der Waals surface area contributed by atoms with Crippen molar-refractivity contribution in [2.75, 3.05) is 7.11 Å². The van der Waals surface area contributed by atoms with Gasteiger partial charge in [-0.25, -0.2) is 4.79 Å². The number of hydrogen-bond acceptors (Lipinski definition) is 4. The predicted octanol–water partition coefficient (Wildman–Crippen LogP) is 0.0142. The lowest BCUT2D eigenvalue weighted by molar-refractivity contribution is -0.117. The van der Waals surface area contributed by atoms with Crippen molar-refractivity contribution >= 4 is 17.8 Å². The number of rotatable bonds is 2. The van der Waals surface area contributed by atoms with Crippen LogP contribution in [-0.4, -0.2) is 24.9 Å². The van der Waals surface area contributed by atoms with Gasteiger partial charge in [0.1, 0.15) is 0 Å². The zero-order valence-electron chi connectivity index (χ0n) is 6.79. The second-order valence-corrected chi connectivity index (χ2v) is 1.92. The summed E-state index contributed by atoms with van der Waals surface area (Å²) in [7, 11) is 1.14. The molecule has 0 saturated carbocycles. The fourth-order valence-electron chi connectivity index (χ4n) is 0.386. The zero-order valence-corrected chi connectivity index (χ0v) is 6.79. The molecule has 0 fully saturated rings. The van der Waals surface area contributed by atoms with Crippen LogP contribution in [0.5, 0.6) is 0 Å². The van der Waals surface area contributed by atoms with Crippen LogP contribution in [0.1, 0.15) is 6.92 Å². The highest BCUT2D eigenvalue weighted by atomic mass is 16.5. The van der Waals surface area contributed by atoms with Crippen LogP contribution in [0.2, 0.25) is 0 Å². The van der Waals surface area contributed by atoms with Gasteiger partial charge >= 0.3 is 6.09 Å². The number of ether oxygens (including phenoxy) is 1. The van der Waals surface area contributed by atoms with Gasteiger partial charge in [0.05, 0.1) is 7.11 Å². The van der Waals surface area contributed by atoms with Crippen molar-refractivity contribution in [2.24, 2.45) is 0 Å². The molecular weight excluding hydrogens is 162 g/mol. The monoisotopic (exact) mass is 171 g/mol. The van der Waals surface area contributed by atoms with E-state index in [1.807, 2.05) is 5.32 Å². The molecular formula is C7H9NO4. The van der Waals surface area contributed by atoms with E-state index in [1.54, 1.807) is 0 Å². The molecule has 0 aromatic rings. The lowest BCUT2D eigenvalue weighted by Crippen LogP contribution is -2.28.